The number of ether oxygens (including phenoxy) is 1. The number of carbonyl (C=O) groups is 1. The van der Waals surface area contributed by atoms with Crippen LogP contribution >= 0.6 is 0 Å². The highest BCUT2D eigenvalue weighted by atomic mass is 19.4. The van der Waals surface area contributed by atoms with Gasteiger partial charge >= 0.3 is 12.1 Å². The Kier molecular flexibility index (Phi) is 4.51. The zero-order valence-electron chi connectivity index (χ0n) is 8.91. The molecular formula is C11H12F3NO2. The maximum atomic E-state index is 11.8. The first-order valence-electron chi connectivity index (χ1n) is 4.91. The molecule has 1 atom stereocenters. The van der Waals surface area contributed by atoms with Crippen molar-refractivity contribution in [2.45, 2.75) is 18.6 Å². The summed E-state index contributed by atoms with van der Waals surface area (Å²) in [7, 11) is 0. The Morgan fingerprint density at radius 1 is 1.29 bits per heavy atom. The minimum absolute atomic E-state index is 0.150. The SMILES string of the molecule is N[C@@H](Cc1ccccc1)C(=O)OCC(F)(F)F. The molecule has 0 saturated carbocycles. The molecule has 0 aliphatic rings. The van der Waals surface area contributed by atoms with Crippen molar-refractivity contribution in [1.29, 1.82) is 0 Å². The van der Waals surface area contributed by atoms with Crippen molar-refractivity contribution in [3.05, 3.63) is 35.9 Å². The molecular weight excluding hydrogens is 235 g/mol. The van der Waals surface area contributed by atoms with E-state index in [1.807, 2.05) is 0 Å². The van der Waals surface area contributed by atoms with Crippen LogP contribution in [0.25, 0.3) is 0 Å². The van der Waals surface area contributed by atoms with E-state index in [1.54, 1.807) is 30.3 Å². The first-order valence-corrected chi connectivity index (χ1v) is 4.91. The Balaban J connectivity index is 2.43. The van der Waals surface area contributed by atoms with Crippen LogP contribution in [0.4, 0.5) is 13.2 Å². The van der Waals surface area contributed by atoms with Gasteiger partial charge in [0.1, 0.15) is 6.04 Å². The first kappa shape index (κ1) is 13.5. The molecule has 1 aromatic carbocycles. The van der Waals surface area contributed by atoms with Crippen LogP contribution in [0.15, 0.2) is 30.3 Å². The van der Waals surface area contributed by atoms with Crippen molar-refractivity contribution >= 4 is 5.97 Å². The topological polar surface area (TPSA) is 52.3 Å². The maximum Gasteiger partial charge on any atom is 0.422 e. The van der Waals surface area contributed by atoms with E-state index in [4.69, 9.17) is 5.73 Å². The predicted octanol–water partition coefficient (Wildman–Crippen LogP) is 1.66. The van der Waals surface area contributed by atoms with Crippen molar-refractivity contribution in [3.8, 4) is 0 Å². The number of halogens is 3. The Morgan fingerprint density at radius 3 is 2.41 bits per heavy atom. The molecule has 0 aliphatic heterocycles. The first-order chi connectivity index (χ1) is 7.88. The number of rotatable bonds is 4. The molecule has 0 heterocycles. The van der Waals surface area contributed by atoms with Crippen LogP contribution in [0.5, 0.6) is 0 Å². The molecule has 1 rings (SSSR count). The lowest BCUT2D eigenvalue weighted by Crippen LogP contribution is -2.36. The number of benzene rings is 1. The molecule has 17 heavy (non-hydrogen) atoms. The number of alkyl halides is 3. The van der Waals surface area contributed by atoms with Gasteiger partial charge in [-0.25, -0.2) is 0 Å². The Morgan fingerprint density at radius 2 is 1.88 bits per heavy atom. The van der Waals surface area contributed by atoms with E-state index in [-0.39, 0.29) is 6.42 Å². The molecule has 0 radical (unpaired) electrons. The van der Waals surface area contributed by atoms with Crippen molar-refractivity contribution in [2.75, 3.05) is 6.61 Å². The third-order valence-electron chi connectivity index (χ3n) is 1.98. The average Bonchev–Trinajstić information content (AvgIpc) is 2.26. The summed E-state index contributed by atoms with van der Waals surface area (Å²) in [6.45, 7) is -1.60. The standard InChI is InChI=1S/C11H12F3NO2/c12-11(13,14)7-17-10(16)9(15)6-8-4-2-1-3-5-8/h1-5,9H,6-7,15H2/t9-/m0/s1. The van der Waals surface area contributed by atoms with E-state index in [0.717, 1.165) is 5.56 Å². The quantitative estimate of drug-likeness (QED) is 0.823. The molecule has 0 aromatic heterocycles. The minimum Gasteiger partial charge on any atom is -0.455 e. The second-order valence-electron chi connectivity index (χ2n) is 3.52. The van der Waals surface area contributed by atoms with Gasteiger partial charge < -0.3 is 10.5 Å². The number of hydrogen-bond acceptors (Lipinski definition) is 3. The third kappa shape index (κ3) is 5.35. The molecule has 0 unspecified atom stereocenters. The van der Waals surface area contributed by atoms with Crippen LogP contribution in [0.2, 0.25) is 0 Å². The Hall–Kier alpha value is -1.56. The van der Waals surface area contributed by atoms with E-state index >= 15 is 0 Å². The Bertz CT molecular complexity index is 365. The lowest BCUT2D eigenvalue weighted by atomic mass is 10.1. The number of hydrogen-bond donors (Lipinski definition) is 1. The van der Waals surface area contributed by atoms with Crippen LogP contribution in [0.1, 0.15) is 5.56 Å². The number of esters is 1. The van der Waals surface area contributed by atoms with Gasteiger partial charge in [0, 0.05) is 0 Å². The highest BCUT2D eigenvalue weighted by Crippen LogP contribution is 2.15. The van der Waals surface area contributed by atoms with E-state index in [2.05, 4.69) is 4.74 Å². The van der Waals surface area contributed by atoms with Crippen LogP contribution in [-0.2, 0) is 16.0 Å². The summed E-state index contributed by atoms with van der Waals surface area (Å²) in [6, 6.07) is 7.68. The van der Waals surface area contributed by atoms with Gasteiger partial charge in [0.25, 0.3) is 0 Å². The summed E-state index contributed by atoms with van der Waals surface area (Å²) in [6.07, 6.45) is -4.38. The maximum absolute atomic E-state index is 11.8. The van der Waals surface area contributed by atoms with Gasteiger partial charge in [-0.3, -0.25) is 4.79 Å². The van der Waals surface area contributed by atoms with Crippen LogP contribution in [-0.4, -0.2) is 24.8 Å². The van der Waals surface area contributed by atoms with E-state index < -0.39 is 24.8 Å². The monoisotopic (exact) mass is 247 g/mol. The van der Waals surface area contributed by atoms with Gasteiger partial charge in [0.2, 0.25) is 0 Å². The molecule has 3 nitrogen and oxygen atoms in total. The van der Waals surface area contributed by atoms with Crippen molar-refractivity contribution in [1.82, 2.24) is 0 Å². The van der Waals surface area contributed by atoms with Gasteiger partial charge in [-0.15, -0.1) is 0 Å². The summed E-state index contributed by atoms with van der Waals surface area (Å²) < 4.78 is 39.4. The summed E-state index contributed by atoms with van der Waals surface area (Å²) in [5, 5.41) is 0. The predicted molar refractivity (Wildman–Crippen MR) is 55.1 cm³/mol. The summed E-state index contributed by atoms with van der Waals surface area (Å²) in [5.41, 5.74) is 6.20. The average molecular weight is 247 g/mol. The second-order valence-corrected chi connectivity index (χ2v) is 3.52. The fraction of sp³-hybridized carbons (Fsp3) is 0.364. The zero-order chi connectivity index (χ0) is 12.9. The lowest BCUT2D eigenvalue weighted by Gasteiger charge is -2.12. The molecule has 0 aliphatic carbocycles. The molecule has 0 amide bonds. The molecule has 2 N–H and O–H groups in total. The van der Waals surface area contributed by atoms with Crippen LogP contribution in [0.3, 0.4) is 0 Å². The lowest BCUT2D eigenvalue weighted by molar-refractivity contribution is -0.187. The highest BCUT2D eigenvalue weighted by molar-refractivity contribution is 5.75. The zero-order valence-corrected chi connectivity index (χ0v) is 8.91. The largest absolute Gasteiger partial charge is 0.455 e. The van der Waals surface area contributed by atoms with Gasteiger partial charge in [-0.1, -0.05) is 30.3 Å². The molecule has 6 heteroatoms. The minimum atomic E-state index is -4.53. The van der Waals surface area contributed by atoms with Crippen molar-refractivity contribution in [3.63, 3.8) is 0 Å². The molecule has 0 spiro atoms. The molecule has 0 fully saturated rings. The van der Waals surface area contributed by atoms with Crippen LogP contribution < -0.4 is 5.73 Å². The van der Waals surface area contributed by atoms with Gasteiger partial charge in [0.15, 0.2) is 6.61 Å². The van der Waals surface area contributed by atoms with Gasteiger partial charge in [0.05, 0.1) is 0 Å². The van der Waals surface area contributed by atoms with Crippen molar-refractivity contribution < 1.29 is 22.7 Å². The fourth-order valence-electron chi connectivity index (χ4n) is 1.21. The molecule has 94 valence electrons. The smallest absolute Gasteiger partial charge is 0.422 e. The molecule has 0 bridgehead atoms. The van der Waals surface area contributed by atoms with E-state index in [9.17, 15) is 18.0 Å². The van der Waals surface area contributed by atoms with Gasteiger partial charge in [-0.05, 0) is 12.0 Å². The van der Waals surface area contributed by atoms with E-state index in [0.29, 0.717) is 0 Å². The Labute approximate surface area is 96.4 Å². The summed E-state index contributed by atoms with van der Waals surface area (Å²) >= 11 is 0. The number of carbonyl (C=O) groups excluding carboxylic acids is 1. The van der Waals surface area contributed by atoms with Gasteiger partial charge in [-0.2, -0.15) is 13.2 Å². The van der Waals surface area contributed by atoms with Crippen LogP contribution in [0, 0.1) is 0 Å². The summed E-state index contributed by atoms with van der Waals surface area (Å²) in [5.74, 6) is -1.05. The highest BCUT2D eigenvalue weighted by Gasteiger charge is 2.30. The normalized spacial score (nSPS) is 13.2. The number of nitrogens with two attached hydrogens (primary N) is 1. The molecule has 0 saturated heterocycles. The fourth-order valence-corrected chi connectivity index (χ4v) is 1.21. The van der Waals surface area contributed by atoms with Crippen molar-refractivity contribution in [2.24, 2.45) is 5.73 Å². The summed E-state index contributed by atoms with van der Waals surface area (Å²) in [4.78, 5) is 11.1. The van der Waals surface area contributed by atoms with E-state index in [1.165, 1.54) is 0 Å². The second kappa shape index (κ2) is 5.67. The molecule has 1 aromatic rings. The third-order valence-corrected chi connectivity index (χ3v) is 1.98.